The van der Waals surface area contributed by atoms with Gasteiger partial charge in [-0.25, -0.2) is 0 Å². The molecule has 0 fully saturated rings. The molecule has 1 aromatic carbocycles. The van der Waals surface area contributed by atoms with E-state index in [1.54, 1.807) is 0 Å². The summed E-state index contributed by atoms with van der Waals surface area (Å²) in [7, 11) is 0. The third-order valence-corrected chi connectivity index (χ3v) is 1.89. The van der Waals surface area contributed by atoms with Gasteiger partial charge in [-0.05, 0) is 18.6 Å². The molecule has 0 amide bonds. The van der Waals surface area contributed by atoms with Crippen molar-refractivity contribution in [1.29, 1.82) is 0 Å². The smallest absolute Gasteiger partial charge is 0.133 e. The van der Waals surface area contributed by atoms with Crippen molar-refractivity contribution in [3.63, 3.8) is 0 Å². The minimum absolute atomic E-state index is 0.139. The van der Waals surface area contributed by atoms with Crippen LogP contribution in [0.15, 0.2) is 30.5 Å². The molecule has 2 rings (SSSR count). The number of aldehydes is 1. The predicted molar refractivity (Wildman–Crippen MR) is 58.2 cm³/mol. The topological polar surface area (TPSA) is 58.9 Å². The van der Waals surface area contributed by atoms with Crippen LogP contribution in [0.4, 0.5) is 0 Å². The summed E-state index contributed by atoms with van der Waals surface area (Å²) in [5, 5.41) is 1.32. The molecule has 2 aromatic rings. The van der Waals surface area contributed by atoms with E-state index in [0.29, 0.717) is 6.29 Å². The Balaban J connectivity index is 0.000000213. The average molecular weight is 190 g/mol. The molecular formula is C11H14N2O. The molecule has 74 valence electrons. The minimum atomic E-state index is 0.139. The number of hydrogen-bond acceptors (Lipinski definition) is 2. The Labute approximate surface area is 82.9 Å². The zero-order valence-electron chi connectivity index (χ0n) is 8.16. The number of hydrogen-bond donors (Lipinski definition) is 2. The molecule has 0 aliphatic carbocycles. The first-order chi connectivity index (χ1) is 6.79. The van der Waals surface area contributed by atoms with Gasteiger partial charge in [0.05, 0.1) is 0 Å². The Hall–Kier alpha value is -1.61. The van der Waals surface area contributed by atoms with Gasteiger partial charge in [0, 0.05) is 23.6 Å². The number of aromatic nitrogens is 1. The van der Waals surface area contributed by atoms with Crippen LogP contribution < -0.4 is 5.73 Å². The number of rotatable bonds is 1. The zero-order chi connectivity index (χ0) is 10.4. The van der Waals surface area contributed by atoms with Crippen molar-refractivity contribution in [2.24, 2.45) is 5.73 Å². The van der Waals surface area contributed by atoms with Crippen molar-refractivity contribution in [1.82, 2.24) is 4.98 Å². The summed E-state index contributed by atoms with van der Waals surface area (Å²) in [5.74, 6) is 0. The molecular weight excluding hydrogens is 176 g/mol. The summed E-state index contributed by atoms with van der Waals surface area (Å²) >= 11 is 0. The van der Waals surface area contributed by atoms with Crippen LogP contribution in [0.3, 0.4) is 0 Å². The molecule has 1 aromatic heterocycles. The molecule has 0 aliphatic heterocycles. The van der Waals surface area contributed by atoms with Crippen LogP contribution in [0.2, 0.25) is 0 Å². The molecule has 0 saturated heterocycles. The predicted octanol–water partition coefficient (Wildman–Crippen LogP) is 1.62. The normalized spacial score (nSPS) is 9.29. The van der Waals surface area contributed by atoms with E-state index in [4.69, 9.17) is 4.79 Å². The highest BCUT2D eigenvalue weighted by Gasteiger charge is 1.94. The van der Waals surface area contributed by atoms with E-state index in [1.165, 1.54) is 16.5 Å². The Morgan fingerprint density at radius 1 is 1.43 bits per heavy atom. The van der Waals surface area contributed by atoms with Gasteiger partial charge in [0.2, 0.25) is 0 Å². The zero-order valence-corrected chi connectivity index (χ0v) is 8.16. The summed E-state index contributed by atoms with van der Waals surface area (Å²) in [5.41, 5.74) is 7.20. The molecule has 3 heteroatoms. The van der Waals surface area contributed by atoms with Gasteiger partial charge < -0.3 is 15.5 Å². The fraction of sp³-hybridized carbons (Fsp3) is 0.182. The van der Waals surface area contributed by atoms with E-state index in [1.807, 2.05) is 12.3 Å². The van der Waals surface area contributed by atoms with E-state index in [2.05, 4.69) is 35.8 Å². The highest BCUT2D eigenvalue weighted by atomic mass is 16.1. The summed E-state index contributed by atoms with van der Waals surface area (Å²) in [4.78, 5) is 12.2. The second kappa shape index (κ2) is 5.19. The molecule has 0 bridgehead atoms. The van der Waals surface area contributed by atoms with Gasteiger partial charge in [-0.2, -0.15) is 0 Å². The van der Waals surface area contributed by atoms with E-state index < -0.39 is 0 Å². The third-order valence-electron chi connectivity index (χ3n) is 1.89. The quantitative estimate of drug-likeness (QED) is 0.671. The summed E-state index contributed by atoms with van der Waals surface area (Å²) < 4.78 is 0. The van der Waals surface area contributed by atoms with Crippen molar-refractivity contribution in [2.75, 3.05) is 6.54 Å². The van der Waals surface area contributed by atoms with Crippen molar-refractivity contribution in [3.8, 4) is 0 Å². The van der Waals surface area contributed by atoms with Crippen LogP contribution in [-0.4, -0.2) is 17.8 Å². The number of carbonyl (C=O) groups is 1. The fourth-order valence-corrected chi connectivity index (χ4v) is 1.22. The van der Waals surface area contributed by atoms with Crippen LogP contribution >= 0.6 is 0 Å². The highest BCUT2D eigenvalue weighted by molar-refractivity contribution is 5.82. The number of carbonyl (C=O) groups excluding carboxylic acids is 1. The maximum atomic E-state index is 9.05. The molecule has 14 heavy (non-hydrogen) atoms. The molecule has 3 nitrogen and oxygen atoms in total. The molecule has 0 spiro atoms. The summed E-state index contributed by atoms with van der Waals surface area (Å²) in [6.45, 7) is 2.25. The highest BCUT2D eigenvalue weighted by Crippen LogP contribution is 2.15. The molecule has 0 aliphatic rings. The van der Waals surface area contributed by atoms with Gasteiger partial charge in [-0.3, -0.25) is 0 Å². The Bertz CT molecular complexity index is 406. The monoisotopic (exact) mass is 190 g/mol. The second-order valence-electron chi connectivity index (χ2n) is 2.92. The first-order valence-corrected chi connectivity index (χ1v) is 4.46. The number of nitrogens with two attached hydrogens (primary N) is 1. The Kier molecular flexibility index (Phi) is 3.88. The van der Waals surface area contributed by atoms with Crippen LogP contribution in [0.25, 0.3) is 10.9 Å². The van der Waals surface area contributed by atoms with Gasteiger partial charge >= 0.3 is 0 Å². The van der Waals surface area contributed by atoms with Gasteiger partial charge in [-0.15, -0.1) is 0 Å². The number of fused-ring (bicyclic) bond motifs is 1. The first kappa shape index (κ1) is 10.5. The standard InChI is InChI=1S/C9H9N.C2H5NO/c1-7-6-10-9-5-3-2-4-8(7)9;3-1-2-4/h2-6,10H,1H3;2H,1,3H2. The molecule has 0 radical (unpaired) electrons. The maximum Gasteiger partial charge on any atom is 0.133 e. The SMILES string of the molecule is Cc1c[nH]c2ccccc12.NCC=O. The Morgan fingerprint density at radius 2 is 2.07 bits per heavy atom. The summed E-state index contributed by atoms with van der Waals surface area (Å²) in [6.07, 6.45) is 2.69. The lowest BCUT2D eigenvalue weighted by atomic mass is 10.2. The lowest BCUT2D eigenvalue weighted by Gasteiger charge is -1.86. The van der Waals surface area contributed by atoms with Crippen LogP contribution in [0.5, 0.6) is 0 Å². The average Bonchev–Trinajstić information content (AvgIpc) is 2.62. The van der Waals surface area contributed by atoms with E-state index in [-0.39, 0.29) is 6.54 Å². The van der Waals surface area contributed by atoms with Crippen molar-refractivity contribution >= 4 is 17.2 Å². The number of benzene rings is 1. The van der Waals surface area contributed by atoms with E-state index in [9.17, 15) is 0 Å². The fourth-order valence-electron chi connectivity index (χ4n) is 1.22. The first-order valence-electron chi connectivity index (χ1n) is 4.46. The van der Waals surface area contributed by atoms with Crippen molar-refractivity contribution in [2.45, 2.75) is 6.92 Å². The van der Waals surface area contributed by atoms with Crippen molar-refractivity contribution < 1.29 is 4.79 Å². The third kappa shape index (κ3) is 2.44. The Morgan fingerprint density at radius 3 is 2.64 bits per heavy atom. The van der Waals surface area contributed by atoms with Gasteiger partial charge in [0.1, 0.15) is 6.29 Å². The maximum absolute atomic E-state index is 9.05. The minimum Gasteiger partial charge on any atom is -0.361 e. The van der Waals surface area contributed by atoms with Crippen LogP contribution in [0.1, 0.15) is 5.56 Å². The van der Waals surface area contributed by atoms with Crippen LogP contribution in [-0.2, 0) is 4.79 Å². The molecule has 1 heterocycles. The number of nitrogens with one attached hydrogen (secondary N) is 1. The van der Waals surface area contributed by atoms with Crippen LogP contribution in [0, 0.1) is 6.92 Å². The number of aryl methyl sites for hydroxylation is 1. The van der Waals surface area contributed by atoms with Gasteiger partial charge in [0.15, 0.2) is 0 Å². The largest absolute Gasteiger partial charge is 0.361 e. The molecule has 3 N–H and O–H groups in total. The van der Waals surface area contributed by atoms with Gasteiger partial charge in [-0.1, -0.05) is 18.2 Å². The van der Waals surface area contributed by atoms with Gasteiger partial charge in [0.25, 0.3) is 0 Å². The van der Waals surface area contributed by atoms with E-state index in [0.717, 1.165) is 0 Å². The molecule has 0 atom stereocenters. The number of aromatic amines is 1. The summed E-state index contributed by atoms with van der Waals surface area (Å²) in [6, 6.07) is 8.31. The second-order valence-corrected chi connectivity index (χ2v) is 2.92. The van der Waals surface area contributed by atoms with E-state index >= 15 is 0 Å². The molecule has 0 unspecified atom stereocenters. The number of H-pyrrole nitrogens is 1. The lowest BCUT2D eigenvalue weighted by Crippen LogP contribution is -1.97. The number of para-hydroxylation sites is 1. The lowest BCUT2D eigenvalue weighted by molar-refractivity contribution is -0.106. The van der Waals surface area contributed by atoms with Crippen molar-refractivity contribution in [3.05, 3.63) is 36.0 Å². The molecule has 0 saturated carbocycles.